The van der Waals surface area contributed by atoms with Gasteiger partial charge in [-0.05, 0) is 30.7 Å². The average Bonchev–Trinajstić information content (AvgIpc) is 2.33. The molecule has 0 amide bonds. The molecule has 0 aliphatic rings. The molecule has 17 heavy (non-hydrogen) atoms. The van der Waals surface area contributed by atoms with Gasteiger partial charge in [0.15, 0.2) is 0 Å². The zero-order valence-electron chi connectivity index (χ0n) is 9.97. The van der Waals surface area contributed by atoms with Gasteiger partial charge in [-0.1, -0.05) is 6.07 Å². The van der Waals surface area contributed by atoms with Crippen molar-refractivity contribution in [2.45, 2.75) is 13.5 Å². The van der Waals surface area contributed by atoms with Gasteiger partial charge in [-0.25, -0.2) is 4.79 Å². The van der Waals surface area contributed by atoms with E-state index in [1.165, 1.54) is 6.08 Å². The highest BCUT2D eigenvalue weighted by Crippen LogP contribution is 2.21. The van der Waals surface area contributed by atoms with E-state index >= 15 is 0 Å². The molecule has 0 spiro atoms. The first kappa shape index (κ1) is 13.3. The monoisotopic (exact) mass is 236 g/mol. The second kappa shape index (κ2) is 6.70. The molecule has 1 aromatic rings. The second-order valence-electron chi connectivity index (χ2n) is 3.39. The van der Waals surface area contributed by atoms with Crippen molar-refractivity contribution < 1.29 is 19.4 Å². The Morgan fingerprint density at radius 2 is 2.24 bits per heavy atom. The number of ether oxygens (including phenoxy) is 2. The molecule has 0 fully saturated rings. The molecule has 0 bridgehead atoms. The Morgan fingerprint density at radius 3 is 2.82 bits per heavy atom. The molecule has 0 radical (unpaired) electrons. The lowest BCUT2D eigenvalue weighted by atomic mass is 10.1. The molecule has 92 valence electrons. The summed E-state index contributed by atoms with van der Waals surface area (Å²) < 4.78 is 10.4. The minimum Gasteiger partial charge on any atom is -0.496 e. The molecule has 1 rings (SSSR count). The van der Waals surface area contributed by atoms with Crippen LogP contribution >= 0.6 is 0 Å². The highest BCUT2D eigenvalue weighted by molar-refractivity contribution is 5.85. The summed E-state index contributed by atoms with van der Waals surface area (Å²) in [5.74, 6) is -0.343. The normalized spacial score (nSPS) is 10.7. The van der Waals surface area contributed by atoms with Crippen LogP contribution in [-0.2, 0) is 16.1 Å². The highest BCUT2D eigenvalue weighted by Gasteiger charge is 2.02. The van der Waals surface area contributed by atoms with Gasteiger partial charge < -0.3 is 14.6 Å². The van der Waals surface area contributed by atoms with Crippen LogP contribution in [0.15, 0.2) is 24.3 Å². The van der Waals surface area contributed by atoms with Gasteiger partial charge >= 0.3 is 5.97 Å². The summed E-state index contributed by atoms with van der Waals surface area (Å²) in [6, 6.07) is 5.55. The predicted molar refractivity (Wildman–Crippen MR) is 65.0 cm³/mol. The molecule has 0 aliphatic carbocycles. The van der Waals surface area contributed by atoms with Crippen LogP contribution < -0.4 is 4.74 Å². The zero-order valence-corrected chi connectivity index (χ0v) is 9.97. The Hall–Kier alpha value is -1.81. The van der Waals surface area contributed by atoms with Crippen molar-refractivity contribution in [1.29, 1.82) is 0 Å². The SMILES string of the molecule is CCOCc1ccc(OC)c(/C=C/C(=O)O)c1. The molecule has 4 heteroatoms. The fourth-order valence-corrected chi connectivity index (χ4v) is 1.38. The number of aliphatic carboxylic acids is 1. The van der Waals surface area contributed by atoms with Crippen molar-refractivity contribution in [2.24, 2.45) is 0 Å². The number of rotatable bonds is 6. The summed E-state index contributed by atoms with van der Waals surface area (Å²) in [5.41, 5.74) is 1.71. The third-order valence-corrected chi connectivity index (χ3v) is 2.17. The van der Waals surface area contributed by atoms with Crippen LogP contribution in [0.1, 0.15) is 18.1 Å². The van der Waals surface area contributed by atoms with Crippen molar-refractivity contribution in [3.8, 4) is 5.75 Å². The van der Waals surface area contributed by atoms with E-state index < -0.39 is 5.97 Å². The van der Waals surface area contributed by atoms with E-state index in [1.807, 2.05) is 19.1 Å². The van der Waals surface area contributed by atoms with Gasteiger partial charge in [0.2, 0.25) is 0 Å². The first-order valence-corrected chi connectivity index (χ1v) is 5.33. The topological polar surface area (TPSA) is 55.8 Å². The molecule has 0 saturated carbocycles. The zero-order chi connectivity index (χ0) is 12.7. The first-order chi connectivity index (χ1) is 8.17. The largest absolute Gasteiger partial charge is 0.496 e. The van der Waals surface area contributed by atoms with Gasteiger partial charge in [-0.15, -0.1) is 0 Å². The summed E-state index contributed by atoms with van der Waals surface area (Å²) in [7, 11) is 1.55. The van der Waals surface area contributed by atoms with Gasteiger partial charge in [0.25, 0.3) is 0 Å². The number of hydrogen-bond donors (Lipinski definition) is 1. The Balaban J connectivity index is 2.93. The van der Waals surface area contributed by atoms with E-state index in [0.717, 1.165) is 17.2 Å². The molecule has 0 saturated heterocycles. The lowest BCUT2D eigenvalue weighted by molar-refractivity contribution is -0.131. The molecule has 4 nitrogen and oxygen atoms in total. The summed E-state index contributed by atoms with van der Waals surface area (Å²) in [5, 5.41) is 8.60. The number of methoxy groups -OCH3 is 1. The highest BCUT2D eigenvalue weighted by atomic mass is 16.5. The Kier molecular flexibility index (Phi) is 5.23. The smallest absolute Gasteiger partial charge is 0.328 e. The Bertz CT molecular complexity index is 410. The molecule has 1 N–H and O–H groups in total. The van der Waals surface area contributed by atoms with E-state index in [9.17, 15) is 4.79 Å². The van der Waals surface area contributed by atoms with Gasteiger partial charge in [-0.2, -0.15) is 0 Å². The van der Waals surface area contributed by atoms with Crippen LogP contribution in [0.25, 0.3) is 6.08 Å². The van der Waals surface area contributed by atoms with E-state index in [0.29, 0.717) is 19.0 Å². The summed E-state index contributed by atoms with van der Waals surface area (Å²) >= 11 is 0. The third-order valence-electron chi connectivity index (χ3n) is 2.17. The van der Waals surface area contributed by atoms with Crippen LogP contribution in [-0.4, -0.2) is 24.8 Å². The lowest BCUT2D eigenvalue weighted by Gasteiger charge is -2.07. The van der Waals surface area contributed by atoms with E-state index in [4.69, 9.17) is 14.6 Å². The predicted octanol–water partition coefficient (Wildman–Crippen LogP) is 2.33. The van der Waals surface area contributed by atoms with E-state index in [-0.39, 0.29) is 0 Å². The number of benzene rings is 1. The van der Waals surface area contributed by atoms with Crippen molar-refractivity contribution in [3.05, 3.63) is 35.4 Å². The quantitative estimate of drug-likeness (QED) is 0.770. The van der Waals surface area contributed by atoms with Gasteiger partial charge in [0.05, 0.1) is 13.7 Å². The van der Waals surface area contributed by atoms with Crippen LogP contribution in [0.4, 0.5) is 0 Å². The average molecular weight is 236 g/mol. The molecule has 0 atom stereocenters. The van der Waals surface area contributed by atoms with Crippen LogP contribution in [0.2, 0.25) is 0 Å². The Labute approximate surface area is 100 Å². The van der Waals surface area contributed by atoms with Crippen molar-refractivity contribution >= 4 is 12.0 Å². The summed E-state index contributed by atoms with van der Waals surface area (Å²) in [6.45, 7) is 3.08. The molecular weight excluding hydrogens is 220 g/mol. The van der Waals surface area contributed by atoms with Crippen molar-refractivity contribution in [2.75, 3.05) is 13.7 Å². The molecular formula is C13H16O4. The molecule has 0 heterocycles. The van der Waals surface area contributed by atoms with Gasteiger partial charge in [0.1, 0.15) is 5.75 Å². The maximum absolute atomic E-state index is 10.5. The lowest BCUT2D eigenvalue weighted by Crippen LogP contribution is -1.95. The van der Waals surface area contributed by atoms with E-state index in [2.05, 4.69) is 0 Å². The summed E-state index contributed by atoms with van der Waals surface area (Å²) in [6.07, 6.45) is 2.60. The first-order valence-electron chi connectivity index (χ1n) is 5.33. The fourth-order valence-electron chi connectivity index (χ4n) is 1.38. The van der Waals surface area contributed by atoms with Crippen molar-refractivity contribution in [3.63, 3.8) is 0 Å². The minimum atomic E-state index is -0.984. The second-order valence-corrected chi connectivity index (χ2v) is 3.39. The number of carbonyl (C=O) groups is 1. The third kappa shape index (κ3) is 4.28. The maximum Gasteiger partial charge on any atom is 0.328 e. The van der Waals surface area contributed by atoms with Crippen LogP contribution in [0, 0.1) is 0 Å². The van der Waals surface area contributed by atoms with Crippen LogP contribution in [0.5, 0.6) is 5.75 Å². The molecule has 1 aromatic carbocycles. The van der Waals surface area contributed by atoms with Crippen molar-refractivity contribution in [1.82, 2.24) is 0 Å². The van der Waals surface area contributed by atoms with E-state index in [1.54, 1.807) is 13.2 Å². The number of carboxylic acids is 1. The maximum atomic E-state index is 10.5. The molecule has 0 unspecified atom stereocenters. The standard InChI is InChI=1S/C13H16O4/c1-3-17-9-10-4-6-12(16-2)11(8-10)5-7-13(14)15/h4-8H,3,9H2,1-2H3,(H,14,15)/b7-5+. The molecule has 0 aliphatic heterocycles. The number of carboxylic acid groups (broad SMARTS) is 1. The van der Waals surface area contributed by atoms with Gasteiger partial charge in [-0.3, -0.25) is 0 Å². The van der Waals surface area contributed by atoms with Crippen LogP contribution in [0.3, 0.4) is 0 Å². The van der Waals surface area contributed by atoms with Gasteiger partial charge in [0, 0.05) is 18.2 Å². The summed E-state index contributed by atoms with van der Waals surface area (Å²) in [4.78, 5) is 10.5. The Morgan fingerprint density at radius 1 is 1.47 bits per heavy atom. The fraction of sp³-hybridized carbons (Fsp3) is 0.308. The molecule has 0 aromatic heterocycles. The minimum absolute atomic E-state index is 0.508. The number of hydrogen-bond acceptors (Lipinski definition) is 3.